The molecule has 6 heteroatoms. The highest BCUT2D eigenvalue weighted by Crippen LogP contribution is 2.22. The lowest BCUT2D eigenvalue weighted by Gasteiger charge is -2.20. The lowest BCUT2D eigenvalue weighted by atomic mass is 10.2. The van der Waals surface area contributed by atoms with Gasteiger partial charge in [-0.15, -0.1) is 0 Å². The molecule has 0 radical (unpaired) electrons. The van der Waals surface area contributed by atoms with E-state index in [4.69, 9.17) is 0 Å². The number of pyridine rings is 1. The Morgan fingerprint density at radius 1 is 1.28 bits per heavy atom. The van der Waals surface area contributed by atoms with Crippen molar-refractivity contribution in [3.63, 3.8) is 0 Å². The maximum Gasteiger partial charge on any atom is 0.191 e. The molecule has 1 saturated heterocycles. The minimum atomic E-state index is 0.394. The zero-order valence-corrected chi connectivity index (χ0v) is 16.0. The van der Waals surface area contributed by atoms with E-state index in [1.807, 2.05) is 18.2 Å². The number of anilines is 1. The van der Waals surface area contributed by atoms with Crippen molar-refractivity contribution >= 4 is 27.6 Å². The van der Waals surface area contributed by atoms with Gasteiger partial charge in [0.2, 0.25) is 0 Å². The Bertz CT molecular complexity index is 687. The van der Waals surface area contributed by atoms with Crippen molar-refractivity contribution < 1.29 is 0 Å². The van der Waals surface area contributed by atoms with Crippen LogP contribution < -0.4 is 15.5 Å². The van der Waals surface area contributed by atoms with Crippen molar-refractivity contribution in [3.8, 4) is 0 Å². The molecule has 1 unspecified atom stereocenters. The summed E-state index contributed by atoms with van der Waals surface area (Å²) in [7, 11) is 0. The highest BCUT2D eigenvalue weighted by molar-refractivity contribution is 9.10. The van der Waals surface area contributed by atoms with Gasteiger partial charge < -0.3 is 15.5 Å². The van der Waals surface area contributed by atoms with Crippen LogP contribution in [-0.2, 0) is 6.54 Å². The molecule has 1 atom stereocenters. The number of aromatic nitrogens is 1. The molecule has 2 aromatic rings. The zero-order valence-electron chi connectivity index (χ0n) is 14.5. The van der Waals surface area contributed by atoms with E-state index in [1.54, 1.807) is 6.20 Å². The first-order chi connectivity index (χ1) is 12.2. The van der Waals surface area contributed by atoms with Gasteiger partial charge in [0.05, 0.1) is 12.2 Å². The summed E-state index contributed by atoms with van der Waals surface area (Å²) in [4.78, 5) is 11.4. The summed E-state index contributed by atoms with van der Waals surface area (Å²) in [6, 6.07) is 14.8. The van der Waals surface area contributed by atoms with Crippen molar-refractivity contribution in [2.24, 2.45) is 4.99 Å². The van der Waals surface area contributed by atoms with Gasteiger partial charge in [0, 0.05) is 42.0 Å². The van der Waals surface area contributed by atoms with E-state index >= 15 is 0 Å². The van der Waals surface area contributed by atoms with Gasteiger partial charge in [-0.3, -0.25) is 4.98 Å². The van der Waals surface area contributed by atoms with Crippen molar-refractivity contribution in [1.82, 2.24) is 15.6 Å². The normalized spacial score (nSPS) is 17.6. The van der Waals surface area contributed by atoms with E-state index in [2.05, 4.69) is 72.6 Å². The van der Waals surface area contributed by atoms with Crippen LogP contribution in [0.1, 0.15) is 19.0 Å². The minimum Gasteiger partial charge on any atom is -0.369 e. The average molecular weight is 402 g/mol. The highest BCUT2D eigenvalue weighted by atomic mass is 79.9. The van der Waals surface area contributed by atoms with Crippen molar-refractivity contribution in [3.05, 3.63) is 58.8 Å². The van der Waals surface area contributed by atoms with Crippen molar-refractivity contribution in [2.45, 2.75) is 25.9 Å². The number of guanidine groups is 1. The molecule has 0 spiro atoms. The van der Waals surface area contributed by atoms with E-state index in [1.165, 1.54) is 5.69 Å². The van der Waals surface area contributed by atoms with E-state index in [9.17, 15) is 0 Å². The standard InChI is InChI=1S/C19H24BrN5/c1-2-21-19(23-13-16-5-3-4-11-22-16)24-17-10-12-25(14-17)18-8-6-15(20)7-9-18/h3-9,11,17H,2,10,12-14H2,1H3,(H2,21,23,24). The molecule has 5 nitrogen and oxygen atoms in total. The summed E-state index contributed by atoms with van der Waals surface area (Å²) in [6.07, 6.45) is 2.91. The van der Waals surface area contributed by atoms with Gasteiger partial charge in [0.15, 0.2) is 5.96 Å². The lowest BCUT2D eigenvalue weighted by Crippen LogP contribution is -2.44. The van der Waals surface area contributed by atoms with Gasteiger partial charge in [-0.05, 0) is 49.7 Å². The lowest BCUT2D eigenvalue weighted by molar-refractivity contribution is 0.649. The van der Waals surface area contributed by atoms with E-state index in [0.29, 0.717) is 12.6 Å². The van der Waals surface area contributed by atoms with Crippen molar-refractivity contribution in [1.29, 1.82) is 0 Å². The first-order valence-electron chi connectivity index (χ1n) is 8.70. The van der Waals surface area contributed by atoms with Gasteiger partial charge in [0.25, 0.3) is 0 Å². The Morgan fingerprint density at radius 3 is 2.84 bits per heavy atom. The molecule has 2 heterocycles. The molecule has 1 fully saturated rings. The SMILES string of the molecule is CCNC(=NCc1ccccn1)NC1CCN(c2ccc(Br)cc2)C1. The number of rotatable bonds is 5. The van der Waals surface area contributed by atoms with E-state index in [-0.39, 0.29) is 0 Å². The van der Waals surface area contributed by atoms with Gasteiger partial charge >= 0.3 is 0 Å². The maximum absolute atomic E-state index is 4.66. The fraction of sp³-hybridized carbons (Fsp3) is 0.368. The van der Waals surface area contributed by atoms with E-state index in [0.717, 1.165) is 42.2 Å². The molecule has 1 aliphatic heterocycles. The fourth-order valence-corrected chi connectivity index (χ4v) is 3.19. The molecular weight excluding hydrogens is 378 g/mol. The maximum atomic E-state index is 4.66. The molecule has 25 heavy (non-hydrogen) atoms. The number of benzene rings is 1. The van der Waals surface area contributed by atoms with Crippen LogP contribution in [0.25, 0.3) is 0 Å². The molecule has 1 aliphatic rings. The third-order valence-corrected chi connectivity index (χ3v) is 4.72. The minimum absolute atomic E-state index is 0.394. The third-order valence-electron chi connectivity index (χ3n) is 4.19. The first kappa shape index (κ1) is 17.7. The molecule has 0 saturated carbocycles. The Labute approximate surface area is 157 Å². The summed E-state index contributed by atoms with van der Waals surface area (Å²) >= 11 is 3.49. The Hall–Kier alpha value is -2.08. The van der Waals surface area contributed by atoms with Crippen molar-refractivity contribution in [2.75, 3.05) is 24.5 Å². The predicted octanol–water partition coefficient (Wildman–Crippen LogP) is 3.18. The third kappa shape index (κ3) is 5.19. The second-order valence-electron chi connectivity index (χ2n) is 6.07. The topological polar surface area (TPSA) is 52.6 Å². The summed E-state index contributed by atoms with van der Waals surface area (Å²) < 4.78 is 1.11. The van der Waals surface area contributed by atoms with Gasteiger partial charge in [-0.25, -0.2) is 4.99 Å². The summed E-state index contributed by atoms with van der Waals surface area (Å²) in [5.41, 5.74) is 2.24. The summed E-state index contributed by atoms with van der Waals surface area (Å²) in [5.74, 6) is 0.857. The summed E-state index contributed by atoms with van der Waals surface area (Å²) in [5, 5.41) is 6.89. The molecule has 3 rings (SSSR count). The quantitative estimate of drug-likeness (QED) is 0.596. The average Bonchev–Trinajstić information content (AvgIpc) is 3.10. The molecule has 1 aromatic heterocycles. The van der Waals surface area contributed by atoms with Crippen LogP contribution in [0.15, 0.2) is 58.1 Å². The van der Waals surface area contributed by atoms with Crippen LogP contribution in [0.5, 0.6) is 0 Å². The molecular formula is C19H24BrN5. The number of hydrogen-bond donors (Lipinski definition) is 2. The second-order valence-corrected chi connectivity index (χ2v) is 6.98. The fourth-order valence-electron chi connectivity index (χ4n) is 2.93. The molecule has 0 aliphatic carbocycles. The van der Waals surface area contributed by atoms with Crippen LogP contribution in [0.4, 0.5) is 5.69 Å². The van der Waals surface area contributed by atoms with Gasteiger partial charge in [0.1, 0.15) is 0 Å². The monoisotopic (exact) mass is 401 g/mol. The number of halogens is 1. The number of nitrogens with zero attached hydrogens (tertiary/aromatic N) is 3. The zero-order chi connectivity index (χ0) is 17.5. The number of aliphatic imine (C=N–C) groups is 1. The van der Waals surface area contributed by atoms with Gasteiger partial charge in [-0.1, -0.05) is 22.0 Å². The smallest absolute Gasteiger partial charge is 0.191 e. The van der Waals surface area contributed by atoms with E-state index < -0.39 is 0 Å². The molecule has 1 aromatic carbocycles. The van der Waals surface area contributed by atoms with Gasteiger partial charge in [-0.2, -0.15) is 0 Å². The molecule has 0 amide bonds. The Kier molecular flexibility index (Phi) is 6.28. The first-order valence-corrected chi connectivity index (χ1v) is 9.49. The summed E-state index contributed by atoms with van der Waals surface area (Å²) in [6.45, 7) is 5.55. The van der Waals surface area contributed by atoms with Crippen LogP contribution in [0, 0.1) is 0 Å². The molecule has 132 valence electrons. The predicted molar refractivity (Wildman–Crippen MR) is 107 cm³/mol. The highest BCUT2D eigenvalue weighted by Gasteiger charge is 2.23. The number of hydrogen-bond acceptors (Lipinski definition) is 3. The molecule has 0 bridgehead atoms. The van der Waals surface area contributed by atoms with Crippen LogP contribution in [0.3, 0.4) is 0 Å². The largest absolute Gasteiger partial charge is 0.369 e. The second kappa shape index (κ2) is 8.85. The Balaban J connectivity index is 1.58. The Morgan fingerprint density at radius 2 is 2.12 bits per heavy atom. The van der Waals surface area contributed by atoms with Crippen LogP contribution in [0.2, 0.25) is 0 Å². The van der Waals surface area contributed by atoms with Crippen LogP contribution >= 0.6 is 15.9 Å². The number of nitrogens with one attached hydrogen (secondary N) is 2. The molecule has 2 N–H and O–H groups in total. The van der Waals surface area contributed by atoms with Crippen LogP contribution in [-0.4, -0.2) is 36.6 Å².